The molecule has 0 aromatic heterocycles. The molecule has 0 rings (SSSR count). The average Bonchev–Trinajstić information content (AvgIpc) is 0.923. The molecule has 103 heavy (non-hydrogen) atoms. The summed E-state index contributed by atoms with van der Waals surface area (Å²) in [4.78, 5) is 58.7. The second-order valence-corrected chi connectivity index (χ2v) is 29.7. The number of aliphatic hydroxyl groups excluding tert-OH is 2. The number of unbranched alkanes of at least 4 members (excludes halogenated alkanes) is 31. The first-order valence-corrected chi connectivity index (χ1v) is 43.5. The Hall–Kier alpha value is -4.31. The van der Waals surface area contributed by atoms with Crippen molar-refractivity contribution in [1.82, 2.24) is 0 Å². The fourth-order valence-electron chi connectivity index (χ4n) is 10.7. The molecule has 18 heteroatoms. The van der Waals surface area contributed by atoms with E-state index in [1.807, 2.05) is 0 Å². The van der Waals surface area contributed by atoms with Gasteiger partial charge in [-0.25, -0.2) is 9.13 Å². The summed E-state index contributed by atoms with van der Waals surface area (Å²) in [7, 11) is -9.79. The van der Waals surface area contributed by atoms with E-state index in [0.29, 0.717) is 19.3 Å². The van der Waals surface area contributed by atoms with E-state index in [4.69, 9.17) is 32.3 Å². The second kappa shape index (κ2) is 77.3. The minimum Gasteiger partial charge on any atom is -0.463 e. The van der Waals surface area contributed by atoms with Crippen molar-refractivity contribution in [2.75, 3.05) is 39.6 Å². The van der Waals surface area contributed by atoms with Crippen LogP contribution in [0.4, 0.5) is 0 Å². The van der Waals surface area contributed by atoms with Gasteiger partial charge in [0.05, 0.1) is 26.4 Å². The van der Waals surface area contributed by atoms with Crippen molar-refractivity contribution in [3.8, 4) is 0 Å². The van der Waals surface area contributed by atoms with E-state index in [2.05, 4.69) is 154 Å². The SMILES string of the molecule is CC/C=C\C/C=C\C/C=C\C/C=C\C/C=C\CCCCCCCCCCCCCCCC(=O)OCC(O)COP(=O)(O)OCC(O)COP(=O)(O)OCC(COC(=O)CCCCCCCCCCC/C=C\C/C=C\C/C=C\C/C=C\C/C=C\CC)OC(=O)CCCCCCC/C=C\CCCCCC. The number of allylic oxidation sites excluding steroid dienone is 22. The maximum atomic E-state index is 13.0. The van der Waals surface area contributed by atoms with E-state index in [1.54, 1.807) is 0 Å². The van der Waals surface area contributed by atoms with E-state index in [0.717, 1.165) is 161 Å². The van der Waals surface area contributed by atoms with Crippen LogP contribution in [0.15, 0.2) is 134 Å². The van der Waals surface area contributed by atoms with Crippen LogP contribution in [0.2, 0.25) is 0 Å². The van der Waals surface area contributed by atoms with Crippen LogP contribution in [-0.4, -0.2) is 95.9 Å². The predicted molar refractivity (Wildman–Crippen MR) is 426 cm³/mol. The quantitative estimate of drug-likeness (QED) is 0.0146. The number of phosphoric acid groups is 2. The van der Waals surface area contributed by atoms with Crippen LogP contribution >= 0.6 is 15.6 Å². The van der Waals surface area contributed by atoms with E-state index in [1.165, 1.54) is 109 Å². The molecule has 0 aliphatic carbocycles. The Morgan fingerprint density at radius 2 is 0.515 bits per heavy atom. The third-order valence-corrected chi connectivity index (χ3v) is 18.7. The van der Waals surface area contributed by atoms with E-state index < -0.39 is 91.5 Å². The molecule has 0 fully saturated rings. The number of carbonyl (C=O) groups excluding carboxylic acids is 3. The van der Waals surface area contributed by atoms with Gasteiger partial charge in [0.15, 0.2) is 6.10 Å². The molecule has 0 heterocycles. The highest BCUT2D eigenvalue weighted by molar-refractivity contribution is 7.47. The lowest BCUT2D eigenvalue weighted by atomic mass is 10.0. The first-order chi connectivity index (χ1) is 50.2. The van der Waals surface area contributed by atoms with Gasteiger partial charge in [-0.3, -0.25) is 32.5 Å². The van der Waals surface area contributed by atoms with Gasteiger partial charge in [-0.2, -0.15) is 0 Å². The predicted octanol–water partition coefficient (Wildman–Crippen LogP) is 23.9. The first-order valence-electron chi connectivity index (χ1n) is 40.5. The fraction of sp³-hybridized carbons (Fsp3) is 0.706. The van der Waals surface area contributed by atoms with Crippen LogP contribution in [0.5, 0.6) is 0 Å². The molecule has 0 aliphatic rings. The second-order valence-electron chi connectivity index (χ2n) is 26.8. The molecule has 0 saturated heterocycles. The Labute approximate surface area is 626 Å². The molecule has 0 amide bonds. The molecule has 4 N–H and O–H groups in total. The standard InChI is InChI=1S/C85H146O16P2/c1-4-7-10-13-16-19-22-25-27-29-31-33-35-37-38-39-40-42-44-45-47-49-51-54-56-59-62-65-68-71-83(88)95-74-80(86)75-97-102(91,92)98-76-81(87)77-99-103(93,94)100-79-82(101-85(90)73-70-67-64-61-58-53-24-21-18-15-12-9-6-3)78-96-84(89)72-69-66-63-60-57-55-52-50-48-46-43-41-36-34-32-30-28-26-23-20-17-14-11-8-5-2/h7-8,10-11,16-17,19-21,24-28,31-34,37-38,41,43,80-82,86-87H,4-6,9,12-15,18,22-23,29-30,35-36,39-40,42,44-79H2,1-3H3,(H,91,92)(H,93,94)/b10-7-,11-8-,19-16-,20-17-,24-21-,27-25-,28-26-,33-31-,34-32-,38-37-,43-41-. The lowest BCUT2D eigenvalue weighted by Gasteiger charge is -2.21. The minimum atomic E-state index is -4.93. The number of phosphoric ester groups is 2. The molecule has 0 aliphatic heterocycles. The van der Waals surface area contributed by atoms with Crippen molar-refractivity contribution in [1.29, 1.82) is 0 Å². The van der Waals surface area contributed by atoms with E-state index in [-0.39, 0.29) is 19.3 Å². The maximum absolute atomic E-state index is 13.0. The number of aliphatic hydroxyl groups is 2. The molecule has 0 radical (unpaired) electrons. The Bertz CT molecular complexity index is 2410. The van der Waals surface area contributed by atoms with E-state index >= 15 is 0 Å². The summed E-state index contributed by atoms with van der Waals surface area (Å²) in [5, 5.41) is 20.6. The van der Waals surface area contributed by atoms with Gasteiger partial charge in [0.25, 0.3) is 0 Å². The molecule has 0 bridgehead atoms. The molecular weight excluding hydrogens is 1340 g/mol. The largest absolute Gasteiger partial charge is 0.472 e. The number of carbonyl (C=O) groups is 3. The Morgan fingerprint density at radius 1 is 0.282 bits per heavy atom. The lowest BCUT2D eigenvalue weighted by Crippen LogP contribution is -2.30. The van der Waals surface area contributed by atoms with Gasteiger partial charge in [0, 0.05) is 19.3 Å². The molecule has 0 saturated carbocycles. The van der Waals surface area contributed by atoms with Crippen molar-refractivity contribution in [3.05, 3.63) is 134 Å². The maximum Gasteiger partial charge on any atom is 0.472 e. The molecule has 5 unspecified atom stereocenters. The summed E-state index contributed by atoms with van der Waals surface area (Å²) >= 11 is 0. The third-order valence-electron chi connectivity index (χ3n) is 16.8. The van der Waals surface area contributed by atoms with Gasteiger partial charge in [-0.15, -0.1) is 0 Å². The highest BCUT2D eigenvalue weighted by Crippen LogP contribution is 2.45. The molecule has 592 valence electrons. The molecule has 0 aromatic carbocycles. The Kier molecular flexibility index (Phi) is 74.1. The fourth-order valence-corrected chi connectivity index (χ4v) is 12.3. The Morgan fingerprint density at radius 3 is 0.825 bits per heavy atom. The number of hydrogen-bond acceptors (Lipinski definition) is 14. The van der Waals surface area contributed by atoms with Crippen LogP contribution in [0, 0.1) is 0 Å². The number of esters is 3. The highest BCUT2D eigenvalue weighted by Gasteiger charge is 2.29. The van der Waals surface area contributed by atoms with Crippen LogP contribution in [-0.2, 0) is 55.8 Å². The number of ether oxygens (including phenoxy) is 3. The van der Waals surface area contributed by atoms with Gasteiger partial charge < -0.3 is 34.2 Å². The van der Waals surface area contributed by atoms with Crippen molar-refractivity contribution < 1.29 is 75.8 Å². The van der Waals surface area contributed by atoms with Crippen molar-refractivity contribution in [2.24, 2.45) is 0 Å². The normalized spacial score (nSPS) is 14.7. The molecule has 5 atom stereocenters. The smallest absolute Gasteiger partial charge is 0.463 e. The van der Waals surface area contributed by atoms with Gasteiger partial charge in [-0.1, -0.05) is 309 Å². The van der Waals surface area contributed by atoms with E-state index in [9.17, 15) is 43.5 Å². The highest BCUT2D eigenvalue weighted by atomic mass is 31.2. The zero-order chi connectivity index (χ0) is 75.2. The van der Waals surface area contributed by atoms with Crippen molar-refractivity contribution in [2.45, 2.75) is 347 Å². The first kappa shape index (κ1) is 98.7. The number of rotatable bonds is 76. The van der Waals surface area contributed by atoms with Gasteiger partial charge in [0.2, 0.25) is 0 Å². The molecule has 0 spiro atoms. The minimum absolute atomic E-state index is 0.0916. The zero-order valence-electron chi connectivity index (χ0n) is 64.7. The molecule has 16 nitrogen and oxygen atoms in total. The van der Waals surface area contributed by atoms with Gasteiger partial charge in [-0.05, 0) is 135 Å². The average molecular weight is 1490 g/mol. The van der Waals surface area contributed by atoms with Crippen LogP contribution in [0.25, 0.3) is 0 Å². The Balaban J connectivity index is 4.49. The summed E-state index contributed by atoms with van der Waals surface area (Å²) in [5.74, 6) is -1.59. The van der Waals surface area contributed by atoms with Crippen LogP contribution in [0.3, 0.4) is 0 Å². The summed E-state index contributed by atoms with van der Waals surface area (Å²) in [6.07, 6.45) is 93.6. The molecular formula is C85H146O16P2. The van der Waals surface area contributed by atoms with Gasteiger partial charge >= 0.3 is 33.6 Å². The lowest BCUT2D eigenvalue weighted by molar-refractivity contribution is -0.161. The third kappa shape index (κ3) is 78.6. The summed E-state index contributed by atoms with van der Waals surface area (Å²) < 4.78 is 61.2. The van der Waals surface area contributed by atoms with Crippen LogP contribution < -0.4 is 0 Å². The zero-order valence-corrected chi connectivity index (χ0v) is 66.5. The number of hydrogen-bond donors (Lipinski definition) is 4. The van der Waals surface area contributed by atoms with Gasteiger partial charge in [0.1, 0.15) is 25.4 Å². The van der Waals surface area contributed by atoms with Crippen LogP contribution in [0.1, 0.15) is 329 Å². The summed E-state index contributed by atoms with van der Waals surface area (Å²) in [6, 6.07) is 0. The topological polar surface area (TPSA) is 231 Å². The summed E-state index contributed by atoms with van der Waals surface area (Å²) in [6.45, 7) is 2.44. The van der Waals surface area contributed by atoms with Crippen molar-refractivity contribution >= 4 is 33.6 Å². The monoisotopic (exact) mass is 1490 g/mol. The van der Waals surface area contributed by atoms with Crippen molar-refractivity contribution in [3.63, 3.8) is 0 Å². The summed E-state index contributed by atoms with van der Waals surface area (Å²) in [5.41, 5.74) is 0. The molecule has 0 aromatic rings.